The maximum Gasteiger partial charge on any atom is 1.00 e. The fraction of sp³-hybridized carbons (Fsp3) is 0. The van der Waals surface area contributed by atoms with Crippen LogP contribution >= 0.6 is 0 Å². The number of rotatable bonds is 0. The van der Waals surface area contributed by atoms with Gasteiger partial charge in [-0.2, -0.15) is 0 Å². The van der Waals surface area contributed by atoms with E-state index in [9.17, 15) is 0 Å². The van der Waals surface area contributed by atoms with Gasteiger partial charge in [0.15, 0.2) is 0 Å². The molecule has 0 aliphatic heterocycles. The summed E-state index contributed by atoms with van der Waals surface area (Å²) >= 11 is 0. The van der Waals surface area contributed by atoms with Crippen LogP contribution in [0.15, 0.2) is 0 Å². The molecule has 0 atom stereocenters. The molecule has 46 heavy (non-hydrogen) atoms. The first-order valence-corrected chi connectivity index (χ1v) is 0. The average Bonchev–Trinajstić information content (AvgIpc) is 0. The van der Waals surface area contributed by atoms with Crippen molar-refractivity contribution in [3.05, 3.63) is 0 Å². The second-order valence-electron chi connectivity index (χ2n) is 0. The Bertz CT molecular complexity index is 92.0. The van der Waals surface area contributed by atoms with Gasteiger partial charge >= 0.3 is 1360 Å². The van der Waals surface area contributed by atoms with Crippen molar-refractivity contribution in [1.29, 1.82) is 0 Å². The minimum absolute atomic E-state index is 0. The fourth-order valence-corrected chi connectivity index (χ4v) is 0. The van der Waals surface area contributed by atoms with Gasteiger partial charge in [0, 0.05) is 0 Å². The smallest absolute Gasteiger partial charge is 1.00 e. The zero-order valence-corrected chi connectivity index (χ0v) is 138. The molecule has 0 rings (SSSR count). The van der Waals surface area contributed by atoms with Crippen molar-refractivity contribution >= 4 is 0 Å². The summed E-state index contributed by atoms with van der Waals surface area (Å²) in [6.45, 7) is 0. The summed E-state index contributed by atoms with van der Waals surface area (Å²) in [5, 5.41) is 0. The Hall–Kier alpha value is 46.0. The van der Waals surface area contributed by atoms with Crippen LogP contribution < -0.4 is 1360 Å². The first kappa shape index (κ1) is 360. The Morgan fingerprint density at radius 2 is 0.0435 bits per heavy atom. The van der Waals surface area contributed by atoms with Gasteiger partial charge in [-0.25, -0.2) is 0 Å². The monoisotopic (exact) mass is 1100 g/mol. The van der Waals surface area contributed by atoms with Gasteiger partial charge in [0.05, 0.1) is 0 Å². The molecular weight excluding hydrogens is 1060 g/mol. The molecule has 0 nitrogen and oxygen atoms in total. The van der Waals surface area contributed by atoms with Crippen LogP contribution in [-0.4, -0.2) is 0 Å². The molecule has 0 aliphatic carbocycles. The van der Waals surface area contributed by atoms with Gasteiger partial charge in [0.25, 0.3) is 0 Å². The minimum atomic E-state index is 0. The number of hydrogen-bond donors (Lipinski definition) is 0. The molecule has 0 aromatic carbocycles. The van der Waals surface area contributed by atoms with Crippen LogP contribution in [0.1, 0.15) is 65.6 Å². The maximum atomic E-state index is 0. The summed E-state index contributed by atoms with van der Waals surface area (Å²) < 4.78 is 0. The van der Waals surface area contributed by atoms with Crippen LogP contribution in [0.2, 0.25) is 0 Å². The molecule has 0 aromatic rings. The predicted octanol–water partition coefficient (Wildman–Crippen LogP) is -133. The molecule has 0 N–H and O–H groups in total. The summed E-state index contributed by atoms with van der Waals surface area (Å²) in [4.78, 5) is 0. The molecule has 0 aliphatic rings. The van der Waals surface area contributed by atoms with E-state index in [1.54, 1.807) is 0 Å². The summed E-state index contributed by atoms with van der Waals surface area (Å²) in [7, 11) is 0. The van der Waals surface area contributed by atoms with Gasteiger partial charge in [-0.15, -0.1) is 0 Å². The van der Waals surface area contributed by atoms with Crippen LogP contribution in [-0.2, 0) is 0 Å². The molecule has 0 unspecified atom stereocenters. The van der Waals surface area contributed by atoms with E-state index in [4.69, 9.17) is 0 Å². The quantitative estimate of drug-likeness (QED) is 0.212. The maximum absolute atomic E-state index is 0. The van der Waals surface area contributed by atoms with Gasteiger partial charge < -0.3 is 65.6 Å². The topological polar surface area (TPSA) is 0 Å². The van der Waals surface area contributed by atoms with E-state index in [2.05, 4.69) is 0 Å². The summed E-state index contributed by atoms with van der Waals surface area (Å²) in [6.07, 6.45) is 0. The van der Waals surface area contributed by atoms with E-state index >= 15 is 0 Å². The average molecular weight is 1100 g/mol. The normalized spacial score (nSPS) is 0. The molecule has 0 fully saturated rings. The molecule has 0 radical (unpaired) electrons. The van der Waals surface area contributed by atoms with E-state index < -0.39 is 0 Å². The SMILES string of the molecule is [H-].[H-].[H-].[H-].[H-].[H-].[H-].[H-].[H-].[H-].[H-].[H-].[H-].[H-].[H-].[H-].[H-].[H-].[H-].[H-].[H-].[H-].[H-].[H-].[H-].[H-].[H-].[H-].[H-].[H-].[H-].[H-].[H-].[H-].[H-].[H-].[H-].[H-].[H-].[H-].[H-].[H-].[H-].[H-].[H-].[H-].[Na+].[Na+].[Na+].[Na+].[Na+].[Na+].[Na+].[Na+].[Na+].[Na+].[Na+].[Na+].[Na+].[Na+].[Na+].[Na+].[Na+].[Na+].[Na+].[Na+].[Na+].[Na+].[Na+].[Na+].[Na+].[Na+].[Na+].[Na+].[Na+].[Na+].[Na+].[Na+].[Na+].[Na+].[Na+].[Na+].[Na+].[Na+].[Na+].[Na+].[Na+].[Na+].[Na+].[Na+].[Na+].[Na+]. The van der Waals surface area contributed by atoms with Crippen molar-refractivity contribution in [3.63, 3.8) is 0 Å². The van der Waals surface area contributed by atoms with Crippen molar-refractivity contribution < 1.29 is 1430 Å². The van der Waals surface area contributed by atoms with Crippen molar-refractivity contribution in [1.82, 2.24) is 0 Å². The minimum Gasteiger partial charge on any atom is -1.00 e. The van der Waals surface area contributed by atoms with Crippen molar-refractivity contribution in [2.24, 2.45) is 0 Å². The Balaban J connectivity index is 0. The summed E-state index contributed by atoms with van der Waals surface area (Å²) in [6, 6.07) is 0. The molecule has 0 saturated carbocycles. The second-order valence-corrected chi connectivity index (χ2v) is 0. The van der Waals surface area contributed by atoms with Crippen LogP contribution in [0.4, 0.5) is 0 Å². The van der Waals surface area contributed by atoms with E-state index in [0.29, 0.717) is 0 Å². The summed E-state index contributed by atoms with van der Waals surface area (Å²) in [5.41, 5.74) is 0. The van der Waals surface area contributed by atoms with E-state index in [1.807, 2.05) is 0 Å². The van der Waals surface area contributed by atoms with Crippen LogP contribution in [0.25, 0.3) is 0 Å². The third kappa shape index (κ3) is 337. The molecule has 0 spiro atoms. The third-order valence-corrected chi connectivity index (χ3v) is 0. The van der Waals surface area contributed by atoms with Gasteiger partial charge in [-0.05, 0) is 0 Å². The van der Waals surface area contributed by atoms with Gasteiger partial charge in [0.2, 0.25) is 0 Å². The first-order chi connectivity index (χ1) is 0. The molecule has 0 amide bonds. The van der Waals surface area contributed by atoms with Crippen molar-refractivity contribution in [2.45, 2.75) is 0 Å². The van der Waals surface area contributed by atoms with Crippen LogP contribution in [0.3, 0.4) is 0 Å². The zero-order chi connectivity index (χ0) is 0. The molecule has 0 heterocycles. The first-order valence-electron chi connectivity index (χ1n) is 0. The van der Waals surface area contributed by atoms with Crippen LogP contribution in [0.5, 0.6) is 0 Å². The summed E-state index contributed by atoms with van der Waals surface area (Å²) in [5.74, 6) is 0. The molecule has 0 bridgehead atoms. The fourth-order valence-electron chi connectivity index (χ4n) is 0. The molecule has 0 saturated heterocycles. The third-order valence-electron chi connectivity index (χ3n) is 0. The Labute approximate surface area is 1380 Å². The van der Waals surface area contributed by atoms with E-state index in [1.165, 1.54) is 0 Å². The van der Waals surface area contributed by atoms with Gasteiger partial charge in [-0.1, -0.05) is 0 Å². The predicted molar refractivity (Wildman–Crippen MR) is 51.2 cm³/mol. The standard InChI is InChI=1S/46Na.46H/q46*+1;46*-1. The molecule has 0 aromatic heterocycles. The van der Waals surface area contributed by atoms with Crippen molar-refractivity contribution in [2.75, 3.05) is 0 Å². The second kappa shape index (κ2) is 348. The largest absolute Gasteiger partial charge is 1.00 e. The van der Waals surface area contributed by atoms with Crippen LogP contribution in [0, 0.1) is 0 Å². The van der Waals surface area contributed by atoms with Gasteiger partial charge in [-0.3, -0.25) is 0 Å². The molecule has 46 heteroatoms. The van der Waals surface area contributed by atoms with E-state index in [-0.39, 0.29) is 1430 Å². The zero-order valence-electron chi connectivity index (χ0n) is 92.0. The molecular formula is H46Na46. The Morgan fingerprint density at radius 1 is 0.0435 bits per heavy atom. The van der Waals surface area contributed by atoms with Gasteiger partial charge in [0.1, 0.15) is 0 Å². The Morgan fingerprint density at radius 3 is 0.0435 bits per heavy atom. The Kier molecular flexibility index (Phi) is 2730. The van der Waals surface area contributed by atoms with Crippen molar-refractivity contribution in [3.8, 4) is 0 Å². The van der Waals surface area contributed by atoms with E-state index in [0.717, 1.165) is 0 Å². The molecule has 92 valence electrons. The number of hydrogen-bond acceptors (Lipinski definition) is 0.